The van der Waals surface area contributed by atoms with E-state index in [1.54, 1.807) is 0 Å². The molecular weight excluding hydrogens is 270 g/mol. The van der Waals surface area contributed by atoms with Crippen molar-refractivity contribution in [2.75, 3.05) is 11.4 Å². The molecule has 0 aliphatic rings. The van der Waals surface area contributed by atoms with E-state index in [9.17, 15) is 5.11 Å². The maximum Gasteiger partial charge on any atom is 0.0682 e. The molecule has 0 spiro atoms. The molecule has 0 amide bonds. The zero-order valence-corrected chi connectivity index (χ0v) is 12.5. The molecule has 2 aromatic rings. The highest BCUT2D eigenvalue weighted by Gasteiger charge is 2.12. The van der Waals surface area contributed by atoms with Crippen molar-refractivity contribution in [2.24, 2.45) is 0 Å². The number of halogens is 1. The summed E-state index contributed by atoms with van der Waals surface area (Å²) < 4.78 is 0. The van der Waals surface area contributed by atoms with Crippen molar-refractivity contribution in [1.82, 2.24) is 0 Å². The van der Waals surface area contributed by atoms with Gasteiger partial charge in [-0.3, -0.25) is 0 Å². The van der Waals surface area contributed by atoms with Crippen LogP contribution in [-0.4, -0.2) is 11.7 Å². The molecule has 0 heterocycles. The van der Waals surface area contributed by atoms with E-state index in [4.69, 9.17) is 11.6 Å². The van der Waals surface area contributed by atoms with Crippen molar-refractivity contribution in [3.8, 4) is 0 Å². The van der Waals surface area contributed by atoms with Gasteiger partial charge in [0.25, 0.3) is 0 Å². The molecular formula is C17H20ClNO. The maximum atomic E-state index is 9.18. The topological polar surface area (TPSA) is 23.5 Å². The van der Waals surface area contributed by atoms with Gasteiger partial charge in [-0.25, -0.2) is 0 Å². The molecule has 0 atom stereocenters. The summed E-state index contributed by atoms with van der Waals surface area (Å²) in [6.45, 7) is 3.12. The maximum absolute atomic E-state index is 9.18. The van der Waals surface area contributed by atoms with Crippen LogP contribution in [0.1, 0.15) is 25.3 Å². The Bertz CT molecular complexity index is 542. The number of nitrogens with zero attached hydrogens (tertiary/aromatic N) is 1. The third-order valence-electron chi connectivity index (χ3n) is 3.29. The number of rotatable bonds is 6. The molecule has 0 fully saturated rings. The Balaban J connectivity index is 2.36. The first kappa shape index (κ1) is 14.9. The van der Waals surface area contributed by atoms with Crippen molar-refractivity contribution in [3.63, 3.8) is 0 Å². The molecule has 0 aliphatic carbocycles. The highest BCUT2D eigenvalue weighted by molar-refractivity contribution is 6.33. The number of aliphatic hydroxyl groups excluding tert-OH is 1. The normalized spacial score (nSPS) is 10.6. The zero-order valence-electron chi connectivity index (χ0n) is 11.7. The minimum atomic E-state index is 0.0142. The van der Waals surface area contributed by atoms with Crippen LogP contribution in [0, 0.1) is 0 Å². The predicted molar refractivity (Wildman–Crippen MR) is 85.7 cm³/mol. The molecule has 3 heteroatoms. The van der Waals surface area contributed by atoms with E-state index in [-0.39, 0.29) is 6.61 Å². The lowest BCUT2D eigenvalue weighted by Crippen LogP contribution is -2.18. The summed E-state index contributed by atoms with van der Waals surface area (Å²) in [4.78, 5) is 2.23. The molecule has 20 heavy (non-hydrogen) atoms. The molecule has 2 aromatic carbocycles. The lowest BCUT2D eigenvalue weighted by Gasteiger charge is -2.26. The van der Waals surface area contributed by atoms with Crippen molar-refractivity contribution in [3.05, 3.63) is 59.1 Å². The van der Waals surface area contributed by atoms with E-state index in [1.807, 2.05) is 36.4 Å². The van der Waals surface area contributed by atoms with Gasteiger partial charge in [0, 0.05) is 12.2 Å². The highest BCUT2D eigenvalue weighted by Crippen LogP contribution is 2.32. The van der Waals surface area contributed by atoms with Gasteiger partial charge in [-0.05, 0) is 36.2 Å². The first-order valence-corrected chi connectivity index (χ1v) is 7.36. The van der Waals surface area contributed by atoms with Crippen LogP contribution < -0.4 is 4.90 Å². The molecule has 106 valence electrons. The summed E-state index contributed by atoms with van der Waals surface area (Å²) in [5.41, 5.74) is 2.96. The minimum absolute atomic E-state index is 0.0142. The number of para-hydroxylation sites is 1. The summed E-state index contributed by atoms with van der Waals surface area (Å²) in [7, 11) is 0. The second-order valence-electron chi connectivity index (χ2n) is 4.78. The van der Waals surface area contributed by atoms with E-state index < -0.39 is 0 Å². The van der Waals surface area contributed by atoms with Crippen LogP contribution in [0.4, 0.5) is 11.4 Å². The smallest absolute Gasteiger partial charge is 0.0682 e. The van der Waals surface area contributed by atoms with E-state index in [1.165, 1.54) is 0 Å². The molecule has 1 N–H and O–H groups in total. The average Bonchev–Trinajstić information content (AvgIpc) is 2.50. The van der Waals surface area contributed by atoms with Crippen molar-refractivity contribution >= 4 is 23.0 Å². The summed E-state index contributed by atoms with van der Waals surface area (Å²) >= 11 is 6.38. The Morgan fingerprint density at radius 3 is 2.45 bits per heavy atom. The van der Waals surface area contributed by atoms with E-state index in [0.29, 0.717) is 5.02 Å². The fourth-order valence-corrected chi connectivity index (χ4v) is 2.49. The predicted octanol–water partition coefficient (Wildman–Crippen LogP) is 4.77. The summed E-state index contributed by atoms with van der Waals surface area (Å²) in [6.07, 6.45) is 2.24. The van der Waals surface area contributed by atoms with Gasteiger partial charge in [0.15, 0.2) is 0 Å². The largest absolute Gasteiger partial charge is 0.392 e. The van der Waals surface area contributed by atoms with Gasteiger partial charge in [0.05, 0.1) is 17.3 Å². The molecule has 0 unspecified atom stereocenters. The Morgan fingerprint density at radius 2 is 1.85 bits per heavy atom. The number of unbranched alkanes of at least 4 members (excludes halogenated alkanes) is 1. The Labute approximate surface area is 125 Å². The first-order chi connectivity index (χ1) is 9.76. The summed E-state index contributed by atoms with van der Waals surface area (Å²) in [5, 5.41) is 9.86. The number of hydrogen-bond donors (Lipinski definition) is 1. The number of aliphatic hydroxyl groups is 1. The average molecular weight is 290 g/mol. The monoisotopic (exact) mass is 289 g/mol. The molecule has 0 aromatic heterocycles. The summed E-state index contributed by atoms with van der Waals surface area (Å²) in [5.74, 6) is 0. The molecule has 0 saturated heterocycles. The third kappa shape index (κ3) is 3.53. The van der Waals surface area contributed by atoms with Crippen molar-refractivity contribution < 1.29 is 5.11 Å². The van der Waals surface area contributed by atoms with Gasteiger partial charge < -0.3 is 10.0 Å². The van der Waals surface area contributed by atoms with Gasteiger partial charge in [0.2, 0.25) is 0 Å². The van der Waals surface area contributed by atoms with Gasteiger partial charge in [-0.2, -0.15) is 0 Å². The van der Waals surface area contributed by atoms with Crippen molar-refractivity contribution in [1.29, 1.82) is 0 Å². The Kier molecular flexibility index (Phi) is 5.45. The van der Waals surface area contributed by atoms with Crippen LogP contribution >= 0.6 is 11.6 Å². The summed E-state index contributed by atoms with van der Waals surface area (Å²) in [6, 6.07) is 16.0. The number of benzene rings is 2. The van der Waals surface area contributed by atoms with E-state index in [0.717, 1.165) is 36.3 Å². The van der Waals surface area contributed by atoms with Crippen LogP contribution in [0.2, 0.25) is 5.02 Å². The molecule has 0 aliphatic heterocycles. The van der Waals surface area contributed by atoms with Crippen LogP contribution in [0.25, 0.3) is 0 Å². The van der Waals surface area contributed by atoms with Crippen LogP contribution in [0.5, 0.6) is 0 Å². The Morgan fingerprint density at radius 1 is 1.10 bits per heavy atom. The van der Waals surface area contributed by atoms with Gasteiger partial charge in [-0.15, -0.1) is 0 Å². The molecule has 2 nitrogen and oxygen atoms in total. The lowest BCUT2D eigenvalue weighted by atomic mass is 10.1. The van der Waals surface area contributed by atoms with Gasteiger partial charge >= 0.3 is 0 Å². The second-order valence-corrected chi connectivity index (χ2v) is 5.19. The minimum Gasteiger partial charge on any atom is -0.392 e. The quantitative estimate of drug-likeness (QED) is 0.828. The van der Waals surface area contributed by atoms with Crippen molar-refractivity contribution in [2.45, 2.75) is 26.4 Å². The first-order valence-electron chi connectivity index (χ1n) is 6.98. The molecule has 2 rings (SSSR count). The zero-order chi connectivity index (χ0) is 14.4. The molecule has 0 bridgehead atoms. The van der Waals surface area contributed by atoms with Gasteiger partial charge in [-0.1, -0.05) is 49.2 Å². The second kappa shape index (κ2) is 7.32. The lowest BCUT2D eigenvalue weighted by molar-refractivity contribution is 0.282. The number of anilines is 2. The fourth-order valence-electron chi connectivity index (χ4n) is 2.18. The Hall–Kier alpha value is -1.51. The standard InChI is InChI=1S/C17H20ClNO/c1-2-3-11-19(15-7-5-4-6-8-15)17-10-9-14(13-20)12-16(17)18/h4-10,12,20H,2-3,11,13H2,1H3. The highest BCUT2D eigenvalue weighted by atomic mass is 35.5. The molecule has 0 saturated carbocycles. The molecule has 0 radical (unpaired) electrons. The SMILES string of the molecule is CCCCN(c1ccccc1)c1ccc(CO)cc1Cl. The van der Waals surface area contributed by atoms with Crippen LogP contribution in [0.3, 0.4) is 0 Å². The number of hydrogen-bond acceptors (Lipinski definition) is 2. The third-order valence-corrected chi connectivity index (χ3v) is 3.59. The van der Waals surface area contributed by atoms with Crippen LogP contribution in [0.15, 0.2) is 48.5 Å². The van der Waals surface area contributed by atoms with E-state index >= 15 is 0 Å². The van der Waals surface area contributed by atoms with E-state index in [2.05, 4.69) is 24.0 Å². The fraction of sp³-hybridized carbons (Fsp3) is 0.294. The van der Waals surface area contributed by atoms with Crippen LogP contribution in [-0.2, 0) is 6.61 Å². The van der Waals surface area contributed by atoms with Gasteiger partial charge in [0.1, 0.15) is 0 Å².